The summed E-state index contributed by atoms with van der Waals surface area (Å²) in [5.41, 5.74) is 0.637. The Balaban J connectivity index is 1.64. The van der Waals surface area contributed by atoms with E-state index in [2.05, 4.69) is 13.8 Å². The maximum atomic E-state index is 12.7. The van der Waals surface area contributed by atoms with Gasteiger partial charge < -0.3 is 18.5 Å². The minimum absolute atomic E-state index is 0.0692. The summed E-state index contributed by atoms with van der Waals surface area (Å²) in [4.78, 5) is 12.7. The standard InChI is InChI=1S/C18H27N2O5PS2/c1-17(2)11-23-26(27,24-12-17)20(6)28-19(5)16(21)25-15-14-13(8-7-9-22-14)10-18(15,3)4/h7-9H,10-12H2,1-6H3. The highest BCUT2D eigenvalue weighted by atomic mass is 32.5. The maximum Gasteiger partial charge on any atom is 0.425 e. The number of carbonyl (C=O) groups excluding carboxylic acids is 1. The summed E-state index contributed by atoms with van der Waals surface area (Å²) < 4.78 is 26.1. The van der Waals surface area contributed by atoms with Gasteiger partial charge in [-0.15, -0.1) is 0 Å². The number of fused-ring (bicyclic) bond motifs is 1. The quantitative estimate of drug-likeness (QED) is 0.444. The highest BCUT2D eigenvalue weighted by molar-refractivity contribution is 8.15. The molecule has 10 heteroatoms. The smallest absolute Gasteiger partial charge is 0.425 e. The molecule has 0 bridgehead atoms. The second-order valence-electron chi connectivity index (χ2n) is 8.45. The first-order valence-corrected chi connectivity index (χ1v) is 12.3. The maximum absolute atomic E-state index is 12.7. The molecule has 7 nitrogen and oxygen atoms in total. The third kappa shape index (κ3) is 4.50. The molecule has 0 radical (unpaired) electrons. The van der Waals surface area contributed by atoms with Crippen LogP contribution in [0.3, 0.4) is 0 Å². The van der Waals surface area contributed by atoms with Gasteiger partial charge in [0.2, 0.25) is 0 Å². The molecule has 1 amide bonds. The van der Waals surface area contributed by atoms with Crippen LogP contribution in [-0.4, -0.2) is 41.8 Å². The molecule has 0 aromatic rings. The summed E-state index contributed by atoms with van der Waals surface area (Å²) in [6, 6.07) is 0. The number of rotatable bonds is 4. The van der Waals surface area contributed by atoms with Crippen molar-refractivity contribution in [3.05, 3.63) is 35.5 Å². The lowest BCUT2D eigenvalue weighted by molar-refractivity contribution is 0.0518. The van der Waals surface area contributed by atoms with Crippen LogP contribution in [0, 0.1) is 10.8 Å². The molecular formula is C18H27N2O5PS2. The van der Waals surface area contributed by atoms with Gasteiger partial charge in [0, 0.05) is 24.9 Å². The Kier molecular flexibility index (Phi) is 6.07. The molecule has 0 aromatic carbocycles. The summed E-state index contributed by atoms with van der Waals surface area (Å²) in [6.45, 7) is 6.58. The first kappa shape index (κ1) is 21.9. The molecule has 2 heterocycles. The number of hydrogen-bond acceptors (Lipinski definition) is 7. The van der Waals surface area contributed by atoms with Crippen LogP contribution in [0.25, 0.3) is 0 Å². The van der Waals surface area contributed by atoms with Crippen molar-refractivity contribution < 1.29 is 23.3 Å². The van der Waals surface area contributed by atoms with E-state index >= 15 is 0 Å². The third-order valence-electron chi connectivity index (χ3n) is 4.58. The van der Waals surface area contributed by atoms with E-state index < -0.39 is 12.7 Å². The summed E-state index contributed by atoms with van der Waals surface area (Å²) in [6.07, 6.45) is 5.66. The average Bonchev–Trinajstić information content (AvgIpc) is 2.87. The fraction of sp³-hybridized carbons (Fsp3) is 0.611. The number of amides is 1. The molecule has 0 atom stereocenters. The van der Waals surface area contributed by atoms with Crippen molar-refractivity contribution >= 4 is 36.7 Å². The second-order valence-corrected chi connectivity index (χ2v) is 13.4. The van der Waals surface area contributed by atoms with E-state index in [-0.39, 0.29) is 10.8 Å². The number of ether oxygens (including phenoxy) is 2. The summed E-state index contributed by atoms with van der Waals surface area (Å²) >= 11 is 6.71. The molecule has 156 valence electrons. The second kappa shape index (κ2) is 7.78. The predicted octanol–water partition coefficient (Wildman–Crippen LogP) is 4.96. The molecule has 0 spiro atoms. The van der Waals surface area contributed by atoms with E-state index in [1.165, 1.54) is 4.31 Å². The van der Waals surface area contributed by atoms with Crippen LogP contribution >= 0.6 is 18.8 Å². The van der Waals surface area contributed by atoms with E-state index in [0.29, 0.717) is 24.7 Å². The van der Waals surface area contributed by atoms with Crippen molar-refractivity contribution in [3.63, 3.8) is 0 Å². The predicted molar refractivity (Wildman–Crippen MR) is 113 cm³/mol. The minimum atomic E-state index is -2.64. The topological polar surface area (TPSA) is 60.5 Å². The highest BCUT2D eigenvalue weighted by Gasteiger charge is 2.42. The van der Waals surface area contributed by atoms with Crippen molar-refractivity contribution in [1.29, 1.82) is 0 Å². The van der Waals surface area contributed by atoms with E-state index in [4.69, 9.17) is 30.3 Å². The average molecular weight is 447 g/mol. The van der Waals surface area contributed by atoms with Gasteiger partial charge in [-0.05, 0) is 29.9 Å². The Hall–Kier alpha value is -0.830. The summed E-state index contributed by atoms with van der Waals surface area (Å²) in [5.74, 6) is 1.17. The zero-order valence-corrected chi connectivity index (χ0v) is 19.6. The molecule has 2 aliphatic heterocycles. The molecule has 0 N–H and O–H groups in total. The van der Waals surface area contributed by atoms with Crippen molar-refractivity contribution in [1.82, 2.24) is 8.38 Å². The van der Waals surface area contributed by atoms with E-state index in [0.717, 1.165) is 24.1 Å². The number of carbonyl (C=O) groups is 1. The monoisotopic (exact) mass is 446 g/mol. The first-order chi connectivity index (χ1) is 12.9. The molecule has 3 aliphatic rings. The number of allylic oxidation sites excluding steroid dienone is 4. The van der Waals surface area contributed by atoms with Crippen LogP contribution in [0.1, 0.15) is 34.1 Å². The lowest BCUT2D eigenvalue weighted by atomic mass is 9.90. The number of hydrogen-bond donors (Lipinski definition) is 0. The van der Waals surface area contributed by atoms with Gasteiger partial charge in [-0.2, -0.15) is 4.08 Å². The lowest BCUT2D eigenvalue weighted by Crippen LogP contribution is -2.33. The van der Waals surface area contributed by atoms with Gasteiger partial charge in [-0.25, -0.2) is 9.10 Å². The van der Waals surface area contributed by atoms with Gasteiger partial charge in [0.05, 0.1) is 31.6 Å². The third-order valence-corrected chi connectivity index (χ3v) is 9.35. The Morgan fingerprint density at radius 2 is 1.89 bits per heavy atom. The fourth-order valence-electron chi connectivity index (χ4n) is 2.96. The van der Waals surface area contributed by atoms with Gasteiger partial charge in [-0.1, -0.05) is 33.8 Å². The molecule has 0 aromatic heterocycles. The van der Waals surface area contributed by atoms with Crippen molar-refractivity contribution in [3.8, 4) is 0 Å². The van der Waals surface area contributed by atoms with Gasteiger partial charge >= 0.3 is 6.09 Å². The van der Waals surface area contributed by atoms with Crippen molar-refractivity contribution in [2.75, 3.05) is 27.3 Å². The van der Waals surface area contributed by atoms with Crippen LogP contribution in [0.4, 0.5) is 4.79 Å². The Morgan fingerprint density at radius 1 is 1.25 bits per heavy atom. The minimum Gasteiger partial charge on any atom is -0.461 e. The fourth-order valence-corrected chi connectivity index (χ4v) is 6.40. The molecule has 0 saturated carbocycles. The lowest BCUT2D eigenvalue weighted by Gasteiger charge is -2.40. The van der Waals surface area contributed by atoms with E-state index in [9.17, 15) is 4.79 Å². The van der Waals surface area contributed by atoms with E-state index in [1.54, 1.807) is 24.4 Å². The Morgan fingerprint density at radius 3 is 2.54 bits per heavy atom. The van der Waals surface area contributed by atoms with Gasteiger partial charge in [0.1, 0.15) is 0 Å². The zero-order valence-electron chi connectivity index (χ0n) is 17.1. The molecule has 28 heavy (non-hydrogen) atoms. The van der Waals surface area contributed by atoms with Crippen LogP contribution in [0.5, 0.6) is 0 Å². The molecule has 0 unspecified atom stereocenters. The summed E-state index contributed by atoms with van der Waals surface area (Å²) in [7, 11) is 3.40. The number of nitrogens with zero attached hydrogens (tertiary/aromatic N) is 2. The van der Waals surface area contributed by atoms with Gasteiger partial charge in [0.15, 0.2) is 11.5 Å². The Labute approximate surface area is 176 Å². The highest BCUT2D eigenvalue weighted by Crippen LogP contribution is 2.59. The molecule has 1 aliphatic carbocycles. The molecule has 3 rings (SSSR count). The van der Waals surface area contributed by atoms with Crippen LogP contribution in [0.15, 0.2) is 35.5 Å². The van der Waals surface area contributed by atoms with Crippen molar-refractivity contribution in [2.45, 2.75) is 34.1 Å². The summed E-state index contributed by atoms with van der Waals surface area (Å²) in [5, 5.41) is 0. The van der Waals surface area contributed by atoms with Crippen LogP contribution < -0.4 is 0 Å². The zero-order chi connectivity index (χ0) is 20.7. The SMILES string of the molecule is CN(SN(C)P1(=S)OCC(C)(C)CO1)C(=O)OC1=C2OC=CC=C2CC1(C)C. The normalized spacial score (nSPS) is 24.5. The van der Waals surface area contributed by atoms with Crippen LogP contribution in [0.2, 0.25) is 0 Å². The van der Waals surface area contributed by atoms with Gasteiger partial charge in [-0.3, -0.25) is 0 Å². The largest absolute Gasteiger partial charge is 0.461 e. The van der Waals surface area contributed by atoms with Gasteiger partial charge in [0.25, 0.3) is 6.64 Å². The molecule has 1 saturated heterocycles. The Bertz CT molecular complexity index is 792. The molecular weight excluding hydrogens is 419 g/mol. The van der Waals surface area contributed by atoms with Crippen LogP contribution in [-0.2, 0) is 30.3 Å². The first-order valence-electron chi connectivity index (χ1n) is 8.98. The molecule has 1 fully saturated rings. The van der Waals surface area contributed by atoms with E-state index in [1.807, 2.05) is 26.0 Å². The van der Waals surface area contributed by atoms with Crippen molar-refractivity contribution in [2.24, 2.45) is 10.8 Å².